The van der Waals surface area contributed by atoms with Crippen LogP contribution >= 0.6 is 11.6 Å². The lowest BCUT2D eigenvalue weighted by molar-refractivity contribution is -0.139. The number of hydrogen-bond acceptors (Lipinski definition) is 5. The van der Waals surface area contributed by atoms with Crippen molar-refractivity contribution in [3.63, 3.8) is 0 Å². The molecular weight excluding hydrogens is 598 g/mol. The van der Waals surface area contributed by atoms with E-state index in [1.54, 1.807) is 54.6 Å². The van der Waals surface area contributed by atoms with Gasteiger partial charge in [0.15, 0.2) is 0 Å². The first-order valence-electron chi connectivity index (χ1n) is 14.1. The number of anilines is 1. The van der Waals surface area contributed by atoms with Gasteiger partial charge in [-0.3, -0.25) is 13.9 Å². The van der Waals surface area contributed by atoms with Gasteiger partial charge >= 0.3 is 0 Å². The molecule has 0 aliphatic carbocycles. The zero-order valence-electron chi connectivity index (χ0n) is 25.2. The molecular formula is C34H36ClN3O5S. The van der Waals surface area contributed by atoms with E-state index >= 15 is 0 Å². The predicted molar refractivity (Wildman–Crippen MR) is 173 cm³/mol. The molecule has 44 heavy (non-hydrogen) atoms. The van der Waals surface area contributed by atoms with Crippen LogP contribution in [0.3, 0.4) is 0 Å². The fraction of sp³-hybridized carbons (Fsp3) is 0.235. The summed E-state index contributed by atoms with van der Waals surface area (Å²) in [7, 11) is -1.31. The number of aryl methyl sites for hydroxylation is 2. The molecule has 0 spiro atoms. The van der Waals surface area contributed by atoms with Gasteiger partial charge in [-0.15, -0.1) is 0 Å². The highest BCUT2D eigenvalue weighted by molar-refractivity contribution is 7.92. The van der Waals surface area contributed by atoms with Gasteiger partial charge in [-0.2, -0.15) is 0 Å². The van der Waals surface area contributed by atoms with Crippen LogP contribution in [0.1, 0.15) is 22.3 Å². The Kier molecular flexibility index (Phi) is 10.7. The zero-order valence-corrected chi connectivity index (χ0v) is 26.7. The summed E-state index contributed by atoms with van der Waals surface area (Å²) >= 11 is 6.51. The summed E-state index contributed by atoms with van der Waals surface area (Å²) in [5.41, 5.74) is 3.32. The molecule has 8 nitrogen and oxygen atoms in total. The minimum Gasteiger partial charge on any atom is -0.495 e. The van der Waals surface area contributed by atoms with E-state index in [0.717, 1.165) is 21.0 Å². The maximum atomic E-state index is 14.5. The van der Waals surface area contributed by atoms with E-state index in [4.69, 9.17) is 16.3 Å². The van der Waals surface area contributed by atoms with Gasteiger partial charge in [0, 0.05) is 25.0 Å². The van der Waals surface area contributed by atoms with Crippen molar-refractivity contribution in [2.24, 2.45) is 0 Å². The number of hydrogen-bond donors (Lipinski definition) is 1. The minimum absolute atomic E-state index is 0.0178. The Balaban J connectivity index is 1.85. The number of carbonyl (C=O) groups excluding carboxylic acids is 2. The summed E-state index contributed by atoms with van der Waals surface area (Å²) in [6, 6.07) is 27.0. The Morgan fingerprint density at radius 3 is 2.16 bits per heavy atom. The van der Waals surface area contributed by atoms with E-state index in [1.165, 1.54) is 31.2 Å². The van der Waals surface area contributed by atoms with Gasteiger partial charge < -0.3 is 15.0 Å². The van der Waals surface area contributed by atoms with Crippen molar-refractivity contribution >= 4 is 39.1 Å². The normalized spacial score (nSPS) is 11.8. The number of nitrogens with zero attached hydrogens (tertiary/aromatic N) is 2. The second-order valence-electron chi connectivity index (χ2n) is 10.4. The molecule has 1 unspecified atom stereocenters. The monoisotopic (exact) mass is 633 g/mol. The van der Waals surface area contributed by atoms with Crippen LogP contribution in [0.15, 0.2) is 102 Å². The first-order chi connectivity index (χ1) is 21.0. The molecule has 230 valence electrons. The third kappa shape index (κ3) is 7.59. The molecule has 4 aromatic carbocycles. The number of benzene rings is 4. The maximum absolute atomic E-state index is 14.5. The van der Waals surface area contributed by atoms with Gasteiger partial charge in [0.2, 0.25) is 11.8 Å². The Labute approximate surface area is 264 Å². The quantitative estimate of drug-likeness (QED) is 0.221. The van der Waals surface area contributed by atoms with Gasteiger partial charge in [-0.05, 0) is 60.9 Å². The van der Waals surface area contributed by atoms with Gasteiger partial charge in [0.05, 0.1) is 17.7 Å². The van der Waals surface area contributed by atoms with Crippen molar-refractivity contribution in [3.8, 4) is 5.75 Å². The van der Waals surface area contributed by atoms with Crippen molar-refractivity contribution in [2.45, 2.75) is 37.8 Å². The minimum atomic E-state index is -4.26. The van der Waals surface area contributed by atoms with Crippen LogP contribution in [-0.2, 0) is 32.6 Å². The van der Waals surface area contributed by atoms with Crippen molar-refractivity contribution in [2.75, 3.05) is 25.0 Å². The highest BCUT2D eigenvalue weighted by Gasteiger charge is 2.35. The van der Waals surface area contributed by atoms with Crippen LogP contribution in [0.25, 0.3) is 0 Å². The molecule has 10 heteroatoms. The van der Waals surface area contributed by atoms with E-state index in [2.05, 4.69) is 5.32 Å². The molecule has 0 aromatic heterocycles. The van der Waals surface area contributed by atoms with Gasteiger partial charge in [0.25, 0.3) is 10.0 Å². The molecule has 4 rings (SSSR count). The number of ether oxygens (including phenoxy) is 1. The number of rotatable bonds is 12. The molecule has 0 bridgehead atoms. The van der Waals surface area contributed by atoms with Crippen LogP contribution in [0.5, 0.6) is 5.75 Å². The van der Waals surface area contributed by atoms with E-state index in [-0.39, 0.29) is 29.3 Å². The smallest absolute Gasteiger partial charge is 0.264 e. The molecule has 0 heterocycles. The van der Waals surface area contributed by atoms with E-state index in [0.29, 0.717) is 10.6 Å². The molecule has 0 aliphatic rings. The standard InChI is InChI=1S/C34H36ClN3O5S/c1-24-14-17-28(18-15-24)44(41,42)38(30-20-25(2)16-19-32(30)43-4)23-33(39)37(22-27-12-8-9-13-29(27)35)31(34(40)36-3)21-26-10-6-5-7-11-26/h5-20,31H,21-23H2,1-4H3,(H,36,40). The predicted octanol–water partition coefficient (Wildman–Crippen LogP) is 5.55. The molecule has 0 aliphatic heterocycles. The Bertz CT molecular complexity index is 1710. The summed E-state index contributed by atoms with van der Waals surface area (Å²) in [6.07, 6.45) is 0.204. The lowest BCUT2D eigenvalue weighted by Gasteiger charge is -2.34. The van der Waals surface area contributed by atoms with Crippen LogP contribution in [0, 0.1) is 13.8 Å². The third-order valence-corrected chi connectivity index (χ3v) is 9.45. The van der Waals surface area contributed by atoms with Gasteiger partial charge in [0.1, 0.15) is 18.3 Å². The number of sulfonamides is 1. The van der Waals surface area contributed by atoms with Gasteiger partial charge in [-0.25, -0.2) is 8.42 Å². The molecule has 0 saturated carbocycles. The summed E-state index contributed by atoms with van der Waals surface area (Å²) < 4.78 is 35.1. The average Bonchev–Trinajstić information content (AvgIpc) is 3.02. The summed E-state index contributed by atoms with van der Waals surface area (Å²) in [5, 5.41) is 3.10. The van der Waals surface area contributed by atoms with E-state index in [1.807, 2.05) is 44.2 Å². The second-order valence-corrected chi connectivity index (χ2v) is 12.7. The average molecular weight is 634 g/mol. The number of carbonyl (C=O) groups is 2. The Hall–Kier alpha value is -4.34. The van der Waals surface area contributed by atoms with Crippen LogP contribution in [0.4, 0.5) is 5.69 Å². The second kappa shape index (κ2) is 14.4. The lowest BCUT2D eigenvalue weighted by atomic mass is 10.0. The van der Waals surface area contributed by atoms with Crippen LogP contribution in [-0.4, -0.2) is 51.9 Å². The number of halogens is 1. The van der Waals surface area contributed by atoms with E-state index < -0.39 is 34.4 Å². The van der Waals surface area contributed by atoms with Crippen LogP contribution in [0.2, 0.25) is 5.02 Å². The summed E-state index contributed by atoms with van der Waals surface area (Å²) in [4.78, 5) is 29.3. The fourth-order valence-corrected chi connectivity index (χ4v) is 6.49. The van der Waals surface area contributed by atoms with Crippen molar-refractivity contribution in [1.29, 1.82) is 0 Å². The molecule has 1 atom stereocenters. The SMILES string of the molecule is CNC(=O)C(Cc1ccccc1)N(Cc1ccccc1Cl)C(=O)CN(c1cc(C)ccc1OC)S(=O)(=O)c1ccc(C)cc1. The number of amides is 2. The number of likely N-dealkylation sites (N-methyl/N-ethyl adjacent to an activating group) is 1. The zero-order chi connectivity index (χ0) is 31.9. The molecule has 0 radical (unpaired) electrons. The Morgan fingerprint density at radius 1 is 0.886 bits per heavy atom. The first kappa shape index (κ1) is 32.6. The molecule has 2 amide bonds. The van der Waals surface area contributed by atoms with Crippen molar-refractivity contribution < 1.29 is 22.7 Å². The third-order valence-electron chi connectivity index (χ3n) is 7.31. The topological polar surface area (TPSA) is 96.0 Å². The lowest BCUT2D eigenvalue weighted by Crippen LogP contribution is -2.53. The number of methoxy groups -OCH3 is 1. The summed E-state index contributed by atoms with van der Waals surface area (Å²) in [5.74, 6) is -0.701. The summed E-state index contributed by atoms with van der Waals surface area (Å²) in [6.45, 7) is 3.07. The maximum Gasteiger partial charge on any atom is 0.264 e. The van der Waals surface area contributed by atoms with E-state index in [9.17, 15) is 18.0 Å². The van der Waals surface area contributed by atoms with Crippen molar-refractivity contribution in [1.82, 2.24) is 10.2 Å². The van der Waals surface area contributed by atoms with Crippen LogP contribution < -0.4 is 14.4 Å². The molecule has 1 N–H and O–H groups in total. The fourth-order valence-electron chi connectivity index (χ4n) is 4.88. The largest absolute Gasteiger partial charge is 0.495 e. The highest BCUT2D eigenvalue weighted by Crippen LogP contribution is 2.34. The molecule has 0 saturated heterocycles. The van der Waals surface area contributed by atoms with Gasteiger partial charge in [-0.1, -0.05) is 83.9 Å². The Morgan fingerprint density at radius 2 is 1.52 bits per heavy atom. The first-order valence-corrected chi connectivity index (χ1v) is 15.9. The number of nitrogens with one attached hydrogen (secondary N) is 1. The molecule has 0 fully saturated rings. The highest BCUT2D eigenvalue weighted by atomic mass is 35.5. The molecule has 4 aromatic rings. The van der Waals surface area contributed by atoms with Crippen molar-refractivity contribution in [3.05, 3.63) is 124 Å².